The normalized spacial score (nSPS) is 12.0. The average Bonchev–Trinajstić information content (AvgIpc) is 2.93. The highest BCUT2D eigenvalue weighted by atomic mass is 79.9. The predicted octanol–water partition coefficient (Wildman–Crippen LogP) is 5.69. The second kappa shape index (κ2) is 15.7. The van der Waals surface area contributed by atoms with Gasteiger partial charge in [0.25, 0.3) is 0 Å². The average molecular weight is 647 g/mol. The quantitative estimate of drug-likeness (QED) is 0.215. The van der Waals surface area contributed by atoms with E-state index in [0.29, 0.717) is 18.7 Å². The van der Waals surface area contributed by atoms with Gasteiger partial charge in [-0.2, -0.15) is 0 Å². The lowest BCUT2D eigenvalue weighted by atomic mass is 10.0. The van der Waals surface area contributed by atoms with Gasteiger partial charge in [0.2, 0.25) is 21.8 Å². The number of hydrogen-bond acceptors (Lipinski definition) is 4. The molecule has 3 aromatic rings. The van der Waals surface area contributed by atoms with Crippen molar-refractivity contribution in [3.8, 4) is 0 Å². The highest BCUT2D eigenvalue weighted by Gasteiger charge is 2.30. The van der Waals surface area contributed by atoms with Gasteiger partial charge in [0.1, 0.15) is 11.9 Å². The Labute approximate surface area is 250 Å². The number of nitrogens with one attached hydrogen (secondary N) is 1. The largest absolute Gasteiger partial charge is 0.354 e. The summed E-state index contributed by atoms with van der Waals surface area (Å²) < 4.78 is 40.5. The lowest BCUT2D eigenvalue weighted by Crippen LogP contribution is -2.50. The number of rotatable bonds is 15. The summed E-state index contributed by atoms with van der Waals surface area (Å²) in [7, 11) is -3.67. The molecule has 0 aliphatic rings. The van der Waals surface area contributed by atoms with Crippen molar-refractivity contribution in [2.75, 3.05) is 23.7 Å². The number of anilines is 1. The first-order valence-corrected chi connectivity index (χ1v) is 16.3. The third-order valence-corrected chi connectivity index (χ3v) is 8.30. The number of unbranched alkanes of at least 4 members (excludes halogenated alkanes) is 1. The summed E-state index contributed by atoms with van der Waals surface area (Å²) in [6, 6.07) is 21.6. The Bertz CT molecular complexity index is 1390. The van der Waals surface area contributed by atoms with Gasteiger partial charge in [-0.15, -0.1) is 0 Å². The molecule has 0 radical (unpaired) electrons. The molecule has 0 aliphatic heterocycles. The molecular weight excluding hydrogens is 609 g/mol. The summed E-state index contributed by atoms with van der Waals surface area (Å²) in [6.45, 7) is 2.81. The van der Waals surface area contributed by atoms with Crippen LogP contribution in [0.5, 0.6) is 0 Å². The molecule has 3 rings (SSSR count). The maximum Gasteiger partial charge on any atom is 0.243 e. The molecule has 0 aromatic heterocycles. The minimum Gasteiger partial charge on any atom is -0.354 e. The highest BCUT2D eigenvalue weighted by molar-refractivity contribution is 9.10. The molecule has 7 nitrogen and oxygen atoms in total. The molecular formula is C31H37BrFN3O4S. The van der Waals surface area contributed by atoms with E-state index in [4.69, 9.17) is 0 Å². The Morgan fingerprint density at radius 2 is 1.63 bits per heavy atom. The molecule has 1 unspecified atom stereocenters. The van der Waals surface area contributed by atoms with Crippen LogP contribution in [0.2, 0.25) is 0 Å². The van der Waals surface area contributed by atoms with Gasteiger partial charge in [0.15, 0.2) is 0 Å². The molecule has 0 aliphatic carbocycles. The van der Waals surface area contributed by atoms with E-state index < -0.39 is 21.9 Å². The van der Waals surface area contributed by atoms with Gasteiger partial charge in [0, 0.05) is 36.9 Å². The van der Waals surface area contributed by atoms with Gasteiger partial charge in [0.05, 0.1) is 11.9 Å². The number of nitrogens with zero attached hydrogens (tertiary/aromatic N) is 2. The zero-order chi connectivity index (χ0) is 29.8. The van der Waals surface area contributed by atoms with E-state index in [1.54, 1.807) is 4.90 Å². The third-order valence-electron chi connectivity index (χ3n) is 6.61. The molecule has 0 spiro atoms. The van der Waals surface area contributed by atoms with E-state index in [1.807, 2.05) is 61.5 Å². The third kappa shape index (κ3) is 10.3. The molecule has 2 amide bonds. The Kier molecular flexibility index (Phi) is 12.3. The monoisotopic (exact) mass is 645 g/mol. The molecule has 0 bridgehead atoms. The van der Waals surface area contributed by atoms with Crippen molar-refractivity contribution < 1.29 is 22.4 Å². The van der Waals surface area contributed by atoms with Crippen molar-refractivity contribution in [1.82, 2.24) is 10.2 Å². The first-order chi connectivity index (χ1) is 19.6. The van der Waals surface area contributed by atoms with Crippen LogP contribution in [-0.4, -0.2) is 50.5 Å². The smallest absolute Gasteiger partial charge is 0.243 e. The minimum absolute atomic E-state index is 0.0226. The number of amides is 2. The number of carbonyl (C=O) groups is 2. The first-order valence-electron chi connectivity index (χ1n) is 13.7. The topological polar surface area (TPSA) is 86.8 Å². The summed E-state index contributed by atoms with van der Waals surface area (Å²) in [6.07, 6.45) is 3.41. The lowest BCUT2D eigenvalue weighted by Gasteiger charge is -2.32. The van der Waals surface area contributed by atoms with E-state index in [9.17, 15) is 22.4 Å². The first kappa shape index (κ1) is 32.3. The molecule has 0 fully saturated rings. The maximum absolute atomic E-state index is 13.8. The second-order valence-electron chi connectivity index (χ2n) is 9.92. The summed E-state index contributed by atoms with van der Waals surface area (Å²) in [5.41, 5.74) is 2.11. The zero-order valence-corrected chi connectivity index (χ0v) is 25.8. The predicted molar refractivity (Wildman–Crippen MR) is 164 cm³/mol. The standard InChI is InChI=1S/C31H37BrFN3O4S/c1-3-4-19-34-31(38)29(22-24-10-6-5-7-11-24)35(23-25-12-8-13-26(32)21-25)30(37)14-9-20-36(41(2,39)40)28-17-15-27(33)16-18-28/h5-8,10-13,15-18,21,29H,3-4,9,14,19-20,22-23H2,1-2H3,(H,34,38). The minimum atomic E-state index is -3.67. The van der Waals surface area contributed by atoms with Gasteiger partial charge >= 0.3 is 0 Å². The molecule has 0 saturated carbocycles. The summed E-state index contributed by atoms with van der Waals surface area (Å²) in [5, 5.41) is 3.00. The van der Waals surface area contributed by atoms with Gasteiger partial charge in [-0.1, -0.05) is 71.7 Å². The molecule has 1 atom stereocenters. The van der Waals surface area contributed by atoms with Crippen LogP contribution in [0.1, 0.15) is 43.7 Å². The van der Waals surface area contributed by atoms with Crippen LogP contribution < -0.4 is 9.62 Å². The Morgan fingerprint density at radius 1 is 0.951 bits per heavy atom. The van der Waals surface area contributed by atoms with Crippen LogP contribution in [-0.2, 0) is 32.6 Å². The van der Waals surface area contributed by atoms with Crippen molar-refractivity contribution in [2.24, 2.45) is 0 Å². The molecule has 1 N–H and O–H groups in total. The highest BCUT2D eigenvalue weighted by Crippen LogP contribution is 2.21. The number of carbonyl (C=O) groups excluding carboxylic acids is 2. The van der Waals surface area contributed by atoms with E-state index >= 15 is 0 Å². The molecule has 0 heterocycles. The summed E-state index contributed by atoms with van der Waals surface area (Å²) in [5.74, 6) is -0.957. The SMILES string of the molecule is CCCCNC(=O)C(Cc1ccccc1)N(Cc1cccc(Br)c1)C(=O)CCCN(c1ccc(F)cc1)S(C)(=O)=O. The second-order valence-corrected chi connectivity index (χ2v) is 12.7. The van der Waals surface area contributed by atoms with Crippen LogP contribution in [0, 0.1) is 5.82 Å². The molecule has 0 saturated heterocycles. The van der Waals surface area contributed by atoms with Crippen molar-refractivity contribution in [1.29, 1.82) is 0 Å². The van der Waals surface area contributed by atoms with Crippen LogP contribution in [0.25, 0.3) is 0 Å². The van der Waals surface area contributed by atoms with Crippen LogP contribution in [0.15, 0.2) is 83.3 Å². The summed E-state index contributed by atoms with van der Waals surface area (Å²) >= 11 is 3.49. The number of benzene rings is 3. The van der Waals surface area contributed by atoms with E-state index in [2.05, 4.69) is 21.2 Å². The Morgan fingerprint density at radius 3 is 2.27 bits per heavy atom. The summed E-state index contributed by atoms with van der Waals surface area (Å²) in [4.78, 5) is 28.9. The Balaban J connectivity index is 1.86. The molecule has 220 valence electrons. The zero-order valence-electron chi connectivity index (χ0n) is 23.4. The fourth-order valence-electron chi connectivity index (χ4n) is 4.50. The Hall–Kier alpha value is -3.24. The van der Waals surface area contributed by atoms with Gasteiger partial charge in [-0.3, -0.25) is 13.9 Å². The number of halogens is 2. The van der Waals surface area contributed by atoms with E-state index in [-0.39, 0.29) is 37.7 Å². The van der Waals surface area contributed by atoms with Crippen LogP contribution in [0.4, 0.5) is 10.1 Å². The van der Waals surface area contributed by atoms with Gasteiger partial charge in [-0.25, -0.2) is 12.8 Å². The lowest BCUT2D eigenvalue weighted by molar-refractivity contribution is -0.141. The van der Waals surface area contributed by atoms with Crippen LogP contribution >= 0.6 is 15.9 Å². The van der Waals surface area contributed by atoms with Crippen molar-refractivity contribution in [3.05, 3.63) is 100 Å². The number of sulfonamides is 1. The molecule has 3 aromatic carbocycles. The number of hydrogen-bond donors (Lipinski definition) is 1. The van der Waals surface area contributed by atoms with Crippen molar-refractivity contribution in [2.45, 2.75) is 51.6 Å². The maximum atomic E-state index is 13.8. The van der Waals surface area contributed by atoms with Gasteiger partial charge < -0.3 is 10.2 Å². The fraction of sp³-hybridized carbons (Fsp3) is 0.355. The van der Waals surface area contributed by atoms with Crippen LogP contribution in [0.3, 0.4) is 0 Å². The van der Waals surface area contributed by atoms with E-state index in [1.165, 1.54) is 24.3 Å². The van der Waals surface area contributed by atoms with Crippen molar-refractivity contribution in [3.63, 3.8) is 0 Å². The molecule has 10 heteroatoms. The fourth-order valence-corrected chi connectivity index (χ4v) is 5.92. The van der Waals surface area contributed by atoms with Gasteiger partial charge in [-0.05, 0) is 60.4 Å². The van der Waals surface area contributed by atoms with Crippen molar-refractivity contribution >= 4 is 43.5 Å². The van der Waals surface area contributed by atoms with E-state index in [0.717, 1.165) is 39.0 Å². The molecule has 41 heavy (non-hydrogen) atoms.